The number of aryl methyl sites for hydroxylation is 1. The van der Waals surface area contributed by atoms with Crippen molar-refractivity contribution in [2.75, 3.05) is 13.6 Å². The number of hydrogen-bond donors (Lipinski definition) is 0. The SMILES string of the molecule is CC.Cc1ccc2c(c1)C(F)CN(C)C2. The zero-order chi connectivity index (χ0) is 11.4. The predicted molar refractivity (Wildman–Crippen MR) is 62.7 cm³/mol. The number of halogens is 1. The van der Waals surface area contributed by atoms with Crippen molar-refractivity contribution in [2.24, 2.45) is 0 Å². The second kappa shape index (κ2) is 5.26. The van der Waals surface area contributed by atoms with Crippen LogP contribution < -0.4 is 0 Å². The first-order chi connectivity index (χ1) is 7.16. The van der Waals surface area contributed by atoms with Gasteiger partial charge in [0.15, 0.2) is 0 Å². The molecule has 1 unspecified atom stereocenters. The molecule has 1 heterocycles. The highest BCUT2D eigenvalue weighted by Crippen LogP contribution is 2.28. The standard InChI is InChI=1S/C11H14FN.C2H6/c1-8-3-4-9-6-13(2)7-11(12)10(9)5-8;1-2/h3-5,11H,6-7H2,1-2H3;1-2H3. The van der Waals surface area contributed by atoms with E-state index in [2.05, 4.69) is 0 Å². The molecule has 0 radical (unpaired) electrons. The summed E-state index contributed by atoms with van der Waals surface area (Å²) in [5.74, 6) is 0. The van der Waals surface area contributed by atoms with E-state index in [0.717, 1.165) is 23.2 Å². The van der Waals surface area contributed by atoms with E-state index in [4.69, 9.17) is 0 Å². The van der Waals surface area contributed by atoms with Crippen molar-refractivity contribution in [3.05, 3.63) is 34.9 Å². The molecule has 0 amide bonds. The summed E-state index contributed by atoms with van der Waals surface area (Å²) < 4.78 is 13.6. The van der Waals surface area contributed by atoms with Gasteiger partial charge in [0.05, 0.1) is 0 Å². The summed E-state index contributed by atoms with van der Waals surface area (Å²) in [4.78, 5) is 2.02. The Morgan fingerprint density at radius 1 is 1.33 bits per heavy atom. The molecule has 0 fully saturated rings. The number of likely N-dealkylation sites (N-methyl/N-ethyl adjacent to an activating group) is 1. The molecule has 0 bridgehead atoms. The summed E-state index contributed by atoms with van der Waals surface area (Å²) in [5, 5.41) is 0. The molecule has 1 aliphatic rings. The highest BCUT2D eigenvalue weighted by molar-refractivity contribution is 5.34. The van der Waals surface area contributed by atoms with Gasteiger partial charge < -0.3 is 0 Å². The zero-order valence-electron chi connectivity index (χ0n) is 10.0. The van der Waals surface area contributed by atoms with Crippen molar-refractivity contribution < 1.29 is 4.39 Å². The molecule has 1 aromatic carbocycles. The van der Waals surface area contributed by atoms with Gasteiger partial charge in [-0.05, 0) is 25.1 Å². The van der Waals surface area contributed by atoms with Crippen molar-refractivity contribution in [1.29, 1.82) is 0 Å². The minimum atomic E-state index is -0.811. The Morgan fingerprint density at radius 2 is 2.00 bits per heavy atom. The maximum absolute atomic E-state index is 13.6. The molecule has 0 saturated heterocycles. The Kier molecular flexibility index (Phi) is 4.28. The van der Waals surface area contributed by atoms with E-state index in [9.17, 15) is 4.39 Å². The van der Waals surface area contributed by atoms with Crippen LogP contribution in [-0.2, 0) is 6.54 Å². The van der Waals surface area contributed by atoms with Gasteiger partial charge in [0.1, 0.15) is 6.17 Å². The number of rotatable bonds is 0. The van der Waals surface area contributed by atoms with Gasteiger partial charge in [0.2, 0.25) is 0 Å². The fourth-order valence-corrected chi connectivity index (χ4v) is 1.88. The summed E-state index contributed by atoms with van der Waals surface area (Å²) in [5.41, 5.74) is 3.16. The van der Waals surface area contributed by atoms with Crippen LogP contribution in [0.5, 0.6) is 0 Å². The van der Waals surface area contributed by atoms with Crippen LogP contribution in [0.1, 0.15) is 36.7 Å². The largest absolute Gasteiger partial charge is 0.299 e. The normalized spacial score (nSPS) is 20.2. The van der Waals surface area contributed by atoms with Crippen LogP contribution in [0.25, 0.3) is 0 Å². The molecule has 84 valence electrons. The van der Waals surface area contributed by atoms with Gasteiger partial charge >= 0.3 is 0 Å². The van der Waals surface area contributed by atoms with Crippen LogP contribution in [0, 0.1) is 6.92 Å². The highest BCUT2D eigenvalue weighted by atomic mass is 19.1. The Bertz CT molecular complexity index is 322. The summed E-state index contributed by atoms with van der Waals surface area (Å²) in [6.45, 7) is 7.40. The van der Waals surface area contributed by atoms with Crippen LogP contribution >= 0.6 is 0 Å². The quantitative estimate of drug-likeness (QED) is 0.632. The van der Waals surface area contributed by atoms with Crippen molar-refractivity contribution in [2.45, 2.75) is 33.5 Å². The predicted octanol–water partition coefficient (Wildman–Crippen LogP) is 3.48. The maximum Gasteiger partial charge on any atom is 0.138 e. The number of fused-ring (bicyclic) bond motifs is 1. The summed E-state index contributed by atoms with van der Waals surface area (Å²) >= 11 is 0. The van der Waals surface area contributed by atoms with Gasteiger partial charge in [-0.1, -0.05) is 37.6 Å². The van der Waals surface area contributed by atoms with E-state index in [-0.39, 0.29) is 0 Å². The molecule has 1 nitrogen and oxygen atoms in total. The second-order valence-corrected chi connectivity index (χ2v) is 3.87. The Morgan fingerprint density at radius 3 is 2.67 bits per heavy atom. The molecule has 0 N–H and O–H groups in total. The molecule has 2 rings (SSSR count). The first kappa shape index (κ1) is 12.2. The molecule has 1 atom stereocenters. The fourth-order valence-electron chi connectivity index (χ4n) is 1.88. The van der Waals surface area contributed by atoms with Crippen molar-refractivity contribution in [1.82, 2.24) is 4.90 Å². The molecule has 1 aromatic rings. The zero-order valence-corrected chi connectivity index (χ0v) is 10.0. The third kappa shape index (κ3) is 2.78. The lowest BCUT2D eigenvalue weighted by molar-refractivity contribution is 0.195. The molecular weight excluding hydrogens is 189 g/mol. The van der Waals surface area contributed by atoms with Gasteiger partial charge in [0.25, 0.3) is 0 Å². The molecule has 0 aliphatic carbocycles. The number of hydrogen-bond acceptors (Lipinski definition) is 1. The molecule has 0 saturated carbocycles. The maximum atomic E-state index is 13.6. The van der Waals surface area contributed by atoms with E-state index in [1.54, 1.807) is 0 Å². The van der Waals surface area contributed by atoms with Crippen molar-refractivity contribution in [3.63, 3.8) is 0 Å². The van der Waals surface area contributed by atoms with Gasteiger partial charge in [-0.25, -0.2) is 4.39 Å². The van der Waals surface area contributed by atoms with Gasteiger partial charge in [-0.2, -0.15) is 0 Å². The summed E-state index contributed by atoms with van der Waals surface area (Å²) in [7, 11) is 1.95. The minimum absolute atomic E-state index is 0.524. The Balaban J connectivity index is 0.000000531. The number of alkyl halides is 1. The van der Waals surface area contributed by atoms with Gasteiger partial charge in [-0.3, -0.25) is 4.90 Å². The molecule has 15 heavy (non-hydrogen) atoms. The number of nitrogens with zero attached hydrogens (tertiary/aromatic N) is 1. The van der Waals surface area contributed by atoms with E-state index in [1.165, 1.54) is 0 Å². The van der Waals surface area contributed by atoms with E-state index < -0.39 is 6.17 Å². The molecular formula is C13H20FN. The number of benzene rings is 1. The van der Waals surface area contributed by atoms with Crippen LogP contribution in [0.4, 0.5) is 4.39 Å². The minimum Gasteiger partial charge on any atom is -0.299 e. The molecule has 2 heteroatoms. The second-order valence-electron chi connectivity index (χ2n) is 3.87. The van der Waals surface area contributed by atoms with Crippen LogP contribution in [0.2, 0.25) is 0 Å². The van der Waals surface area contributed by atoms with E-state index >= 15 is 0 Å². The lowest BCUT2D eigenvalue weighted by Crippen LogP contribution is -2.28. The van der Waals surface area contributed by atoms with E-state index in [1.807, 2.05) is 50.9 Å². The Hall–Kier alpha value is -0.890. The first-order valence-corrected chi connectivity index (χ1v) is 5.59. The average Bonchev–Trinajstić information content (AvgIpc) is 2.22. The Labute approximate surface area is 91.9 Å². The van der Waals surface area contributed by atoms with Crippen LogP contribution in [0.15, 0.2) is 18.2 Å². The first-order valence-electron chi connectivity index (χ1n) is 5.59. The van der Waals surface area contributed by atoms with Crippen molar-refractivity contribution in [3.8, 4) is 0 Å². The topological polar surface area (TPSA) is 3.24 Å². The summed E-state index contributed by atoms with van der Waals surface area (Å²) in [6.07, 6.45) is -0.811. The lowest BCUT2D eigenvalue weighted by atomic mass is 9.97. The van der Waals surface area contributed by atoms with Gasteiger partial charge in [0, 0.05) is 13.1 Å². The molecule has 1 aliphatic heterocycles. The molecule has 0 spiro atoms. The van der Waals surface area contributed by atoms with E-state index in [0.29, 0.717) is 6.54 Å². The lowest BCUT2D eigenvalue weighted by Gasteiger charge is -2.28. The fraction of sp³-hybridized carbons (Fsp3) is 0.538. The average molecular weight is 209 g/mol. The highest BCUT2D eigenvalue weighted by Gasteiger charge is 2.22. The van der Waals surface area contributed by atoms with Crippen LogP contribution in [0.3, 0.4) is 0 Å². The van der Waals surface area contributed by atoms with Crippen LogP contribution in [-0.4, -0.2) is 18.5 Å². The molecule has 0 aromatic heterocycles. The van der Waals surface area contributed by atoms with Gasteiger partial charge in [-0.15, -0.1) is 0 Å². The third-order valence-corrected chi connectivity index (χ3v) is 2.55. The smallest absolute Gasteiger partial charge is 0.138 e. The monoisotopic (exact) mass is 209 g/mol. The van der Waals surface area contributed by atoms with Crippen molar-refractivity contribution >= 4 is 0 Å². The summed E-state index contributed by atoms with van der Waals surface area (Å²) in [6, 6.07) is 6.05. The third-order valence-electron chi connectivity index (χ3n) is 2.55.